The summed E-state index contributed by atoms with van der Waals surface area (Å²) in [5.41, 5.74) is 5.73. The van der Waals surface area contributed by atoms with Crippen LogP contribution >= 0.6 is 27.7 Å². The van der Waals surface area contributed by atoms with Gasteiger partial charge in [0.2, 0.25) is 11.8 Å². The van der Waals surface area contributed by atoms with E-state index in [4.69, 9.17) is 0 Å². The van der Waals surface area contributed by atoms with Crippen LogP contribution in [-0.4, -0.2) is 34.6 Å². The molecule has 0 bridgehead atoms. The average molecular weight is 594 g/mol. The Morgan fingerprint density at radius 1 is 0.921 bits per heavy atom. The molecule has 2 amide bonds. The molecule has 3 aromatic rings. The van der Waals surface area contributed by atoms with Gasteiger partial charge in [0.15, 0.2) is 0 Å². The van der Waals surface area contributed by atoms with Crippen LogP contribution < -0.4 is 5.32 Å². The van der Waals surface area contributed by atoms with Crippen LogP contribution in [0.4, 0.5) is 0 Å². The summed E-state index contributed by atoms with van der Waals surface area (Å²) in [5, 5.41) is 3.28. The number of hydrogen-bond donors (Lipinski definition) is 1. The molecule has 3 aromatic carbocycles. The molecule has 1 aliphatic carbocycles. The van der Waals surface area contributed by atoms with Gasteiger partial charge in [0.25, 0.3) is 0 Å². The summed E-state index contributed by atoms with van der Waals surface area (Å²) < 4.78 is 0.960. The lowest BCUT2D eigenvalue weighted by Gasteiger charge is -2.32. The van der Waals surface area contributed by atoms with Crippen molar-refractivity contribution in [2.45, 2.75) is 70.3 Å². The highest BCUT2D eigenvalue weighted by atomic mass is 79.9. The van der Waals surface area contributed by atoms with E-state index in [1.807, 2.05) is 54.6 Å². The molecule has 0 radical (unpaired) electrons. The predicted molar refractivity (Wildman–Crippen MR) is 161 cm³/mol. The number of benzene rings is 3. The second-order valence-electron chi connectivity index (χ2n) is 10.3. The van der Waals surface area contributed by atoms with E-state index < -0.39 is 6.04 Å². The number of halogens is 1. The Bertz CT molecular complexity index is 1210. The maximum absolute atomic E-state index is 13.8. The topological polar surface area (TPSA) is 49.4 Å². The van der Waals surface area contributed by atoms with Crippen molar-refractivity contribution in [1.82, 2.24) is 10.2 Å². The Kier molecular flexibility index (Phi) is 10.5. The zero-order valence-electron chi connectivity index (χ0n) is 22.3. The molecule has 4 rings (SSSR count). The summed E-state index contributed by atoms with van der Waals surface area (Å²) in [6.45, 7) is 4.59. The molecule has 1 aliphatic rings. The lowest BCUT2D eigenvalue weighted by molar-refractivity contribution is -0.139. The molecule has 1 saturated carbocycles. The van der Waals surface area contributed by atoms with E-state index in [9.17, 15) is 9.59 Å². The van der Waals surface area contributed by atoms with Crippen LogP contribution in [0, 0.1) is 13.8 Å². The van der Waals surface area contributed by atoms with Gasteiger partial charge in [-0.05, 0) is 55.5 Å². The molecule has 0 aromatic heterocycles. The molecule has 6 heteroatoms. The molecule has 0 heterocycles. The Labute approximate surface area is 239 Å². The summed E-state index contributed by atoms with van der Waals surface area (Å²) in [6.07, 6.45) is 4.79. The number of aryl methyl sites for hydroxylation is 2. The van der Waals surface area contributed by atoms with Crippen molar-refractivity contribution < 1.29 is 9.59 Å². The molecule has 0 unspecified atom stereocenters. The molecule has 1 fully saturated rings. The van der Waals surface area contributed by atoms with Gasteiger partial charge in [-0.3, -0.25) is 9.59 Å². The monoisotopic (exact) mass is 592 g/mol. The summed E-state index contributed by atoms with van der Waals surface area (Å²) in [7, 11) is 0. The molecule has 1 N–H and O–H groups in total. The minimum atomic E-state index is -0.578. The van der Waals surface area contributed by atoms with E-state index in [1.54, 1.807) is 16.7 Å². The van der Waals surface area contributed by atoms with E-state index >= 15 is 0 Å². The Balaban J connectivity index is 1.56. The van der Waals surface area contributed by atoms with Crippen molar-refractivity contribution in [2.24, 2.45) is 0 Å². The highest BCUT2D eigenvalue weighted by Gasteiger charge is 2.32. The van der Waals surface area contributed by atoms with Crippen LogP contribution in [0.25, 0.3) is 0 Å². The van der Waals surface area contributed by atoms with Crippen molar-refractivity contribution in [1.29, 1.82) is 0 Å². The van der Waals surface area contributed by atoms with Gasteiger partial charge < -0.3 is 10.2 Å². The van der Waals surface area contributed by atoms with Crippen molar-refractivity contribution in [2.75, 3.05) is 5.75 Å². The van der Waals surface area contributed by atoms with Crippen LogP contribution in [0.3, 0.4) is 0 Å². The first-order chi connectivity index (χ1) is 18.4. The third-order valence-corrected chi connectivity index (χ3v) is 8.47. The molecule has 0 aliphatic heterocycles. The smallest absolute Gasteiger partial charge is 0.243 e. The first-order valence-electron chi connectivity index (χ1n) is 13.4. The lowest BCUT2D eigenvalue weighted by atomic mass is 10.0. The van der Waals surface area contributed by atoms with Crippen molar-refractivity contribution in [3.8, 4) is 0 Å². The summed E-state index contributed by atoms with van der Waals surface area (Å²) in [4.78, 5) is 29.4. The molecular weight excluding hydrogens is 556 g/mol. The number of nitrogens with zero attached hydrogens (tertiary/aromatic N) is 1. The lowest BCUT2D eigenvalue weighted by Crippen LogP contribution is -2.52. The summed E-state index contributed by atoms with van der Waals surface area (Å²) >= 11 is 5.17. The Hall–Kier alpha value is -2.57. The van der Waals surface area contributed by atoms with E-state index in [1.165, 1.54) is 16.7 Å². The zero-order chi connectivity index (χ0) is 26.9. The van der Waals surface area contributed by atoms with Gasteiger partial charge in [-0.25, -0.2) is 0 Å². The third kappa shape index (κ3) is 8.47. The van der Waals surface area contributed by atoms with Crippen LogP contribution in [-0.2, 0) is 28.3 Å². The molecule has 38 heavy (non-hydrogen) atoms. The molecule has 0 saturated heterocycles. The fourth-order valence-electron chi connectivity index (χ4n) is 5.24. The maximum Gasteiger partial charge on any atom is 0.243 e. The summed E-state index contributed by atoms with van der Waals surface area (Å²) in [5.74, 6) is 1.02. The number of rotatable bonds is 11. The largest absolute Gasteiger partial charge is 0.352 e. The maximum atomic E-state index is 13.8. The molecule has 1 atom stereocenters. The van der Waals surface area contributed by atoms with Crippen molar-refractivity contribution in [3.05, 3.63) is 105 Å². The standard InChI is InChI=1S/C32H37BrN2O2S/c1-23-15-24(2)17-27(16-23)21-38-22-31(36)35(20-26-11-8-12-28(33)18-26)30(19-25-9-4-3-5-10-25)32(37)34-29-13-6-7-14-29/h3-5,8-12,15-18,29-30H,6-7,13-14,19-22H2,1-2H3,(H,34,37)/t30-/m1/s1. The second kappa shape index (κ2) is 14.0. The Morgan fingerprint density at radius 2 is 1.61 bits per heavy atom. The van der Waals surface area contributed by atoms with Crippen molar-refractivity contribution in [3.63, 3.8) is 0 Å². The Morgan fingerprint density at radius 3 is 2.29 bits per heavy atom. The zero-order valence-corrected chi connectivity index (χ0v) is 24.7. The molecule has 4 nitrogen and oxygen atoms in total. The number of carbonyl (C=O) groups is 2. The first-order valence-corrected chi connectivity index (χ1v) is 15.4. The summed E-state index contributed by atoms with van der Waals surface area (Å²) in [6, 6.07) is 24.1. The number of hydrogen-bond acceptors (Lipinski definition) is 3. The quantitative estimate of drug-likeness (QED) is 0.261. The van der Waals surface area contributed by atoms with Crippen LogP contribution in [0.2, 0.25) is 0 Å². The van der Waals surface area contributed by atoms with Gasteiger partial charge in [0.05, 0.1) is 5.75 Å². The normalized spacial score (nSPS) is 14.3. The fraction of sp³-hybridized carbons (Fsp3) is 0.375. The highest BCUT2D eigenvalue weighted by Crippen LogP contribution is 2.23. The fourth-order valence-corrected chi connectivity index (χ4v) is 6.54. The van der Waals surface area contributed by atoms with Gasteiger partial charge in [0.1, 0.15) is 6.04 Å². The van der Waals surface area contributed by atoms with E-state index in [-0.39, 0.29) is 17.9 Å². The predicted octanol–water partition coefficient (Wildman–Crippen LogP) is 7.00. The minimum absolute atomic E-state index is 0.0122. The van der Waals surface area contributed by atoms with Crippen molar-refractivity contribution >= 4 is 39.5 Å². The number of carbonyl (C=O) groups excluding carboxylic acids is 2. The van der Waals surface area contributed by atoms with Gasteiger partial charge in [-0.15, -0.1) is 11.8 Å². The van der Waals surface area contributed by atoms with Gasteiger partial charge >= 0.3 is 0 Å². The molecule has 0 spiro atoms. The number of nitrogens with one attached hydrogen (secondary N) is 1. The SMILES string of the molecule is Cc1cc(C)cc(CSCC(=O)N(Cc2cccc(Br)c2)[C@H](Cc2ccccc2)C(=O)NC2CCCC2)c1. The van der Waals surface area contributed by atoms with Crippen LogP contribution in [0.1, 0.15) is 53.5 Å². The highest BCUT2D eigenvalue weighted by molar-refractivity contribution is 9.10. The van der Waals surface area contributed by atoms with Gasteiger partial charge in [-0.2, -0.15) is 0 Å². The number of amides is 2. The number of thioether (sulfide) groups is 1. The van der Waals surface area contributed by atoms with Gasteiger partial charge in [0, 0.05) is 29.2 Å². The second-order valence-corrected chi connectivity index (χ2v) is 12.2. The van der Waals surface area contributed by atoms with Gasteiger partial charge in [-0.1, -0.05) is 101 Å². The van der Waals surface area contributed by atoms with E-state index in [0.29, 0.717) is 18.7 Å². The van der Waals surface area contributed by atoms with Crippen LogP contribution in [0.5, 0.6) is 0 Å². The minimum Gasteiger partial charge on any atom is -0.352 e. The van der Waals surface area contributed by atoms with Crippen LogP contribution in [0.15, 0.2) is 77.3 Å². The average Bonchev–Trinajstić information content (AvgIpc) is 3.39. The first kappa shape index (κ1) is 28.4. The molecule has 200 valence electrons. The van der Waals surface area contributed by atoms with E-state index in [2.05, 4.69) is 53.3 Å². The molecular formula is C32H37BrN2O2S. The third-order valence-electron chi connectivity index (χ3n) is 6.99. The van der Waals surface area contributed by atoms with E-state index in [0.717, 1.165) is 47.0 Å².